The van der Waals surface area contributed by atoms with Crippen LogP contribution in [-0.2, 0) is 11.2 Å². The second-order valence-corrected chi connectivity index (χ2v) is 8.22. The third-order valence-corrected chi connectivity index (χ3v) is 6.04. The summed E-state index contributed by atoms with van der Waals surface area (Å²) in [5, 5.41) is 12.0. The third-order valence-electron chi connectivity index (χ3n) is 5.09. The summed E-state index contributed by atoms with van der Waals surface area (Å²) in [6.45, 7) is 2.60. The number of carbonyl (C=O) groups is 1. The van der Waals surface area contributed by atoms with Gasteiger partial charge in [-0.25, -0.2) is 0 Å². The molecule has 1 N–H and O–H groups in total. The summed E-state index contributed by atoms with van der Waals surface area (Å²) in [6.07, 6.45) is 2.60. The van der Waals surface area contributed by atoms with Crippen molar-refractivity contribution in [3.63, 3.8) is 0 Å². The number of carbonyl (C=O) groups excluding carboxylic acids is 1. The van der Waals surface area contributed by atoms with Crippen molar-refractivity contribution in [3.05, 3.63) is 66.0 Å². The van der Waals surface area contributed by atoms with E-state index in [4.69, 9.17) is 4.74 Å². The number of ether oxygens (including phenoxy) is 1. The average molecular weight is 440 g/mol. The van der Waals surface area contributed by atoms with Crippen LogP contribution in [0.4, 0.5) is 0 Å². The number of methoxy groups -OCH3 is 1. The van der Waals surface area contributed by atoms with Crippen LogP contribution < -0.4 is 10.1 Å². The molecule has 0 aliphatic rings. The first-order valence-corrected chi connectivity index (χ1v) is 11.2. The number of rotatable bonds is 10. The van der Waals surface area contributed by atoms with Crippen molar-refractivity contribution in [3.8, 4) is 11.4 Å². The minimum Gasteiger partial charge on any atom is -0.496 e. The minimum absolute atomic E-state index is 0.00480. The lowest BCUT2D eigenvalue weighted by Gasteiger charge is -2.26. The van der Waals surface area contributed by atoms with Gasteiger partial charge in [-0.15, -0.1) is 10.2 Å². The van der Waals surface area contributed by atoms with Gasteiger partial charge in [-0.3, -0.25) is 9.36 Å². The molecule has 0 radical (unpaired) electrons. The van der Waals surface area contributed by atoms with Crippen LogP contribution in [0.3, 0.4) is 0 Å². The molecular weight excluding hydrogens is 410 g/mol. The van der Waals surface area contributed by atoms with Crippen molar-refractivity contribution in [2.45, 2.75) is 24.5 Å². The number of hydrogen-bond donors (Lipinski definition) is 1. The monoisotopic (exact) mass is 439 g/mol. The fourth-order valence-corrected chi connectivity index (χ4v) is 4.19. The minimum atomic E-state index is -0.0509. The molecule has 164 valence electrons. The smallest absolute Gasteiger partial charge is 0.230 e. The summed E-state index contributed by atoms with van der Waals surface area (Å²) in [4.78, 5) is 14.7. The fraction of sp³-hybridized carbons (Fsp3) is 0.348. The third kappa shape index (κ3) is 5.65. The average Bonchev–Trinajstić information content (AvgIpc) is 3.26. The van der Waals surface area contributed by atoms with E-state index in [1.54, 1.807) is 13.4 Å². The molecule has 0 aliphatic carbocycles. The SMILES string of the molecule is CCc1ccccc1-n1cnnc1SCC(=O)NCC(c1ccccc1OC)N(C)C. The van der Waals surface area contributed by atoms with Gasteiger partial charge < -0.3 is 15.0 Å². The molecule has 3 rings (SSSR count). The lowest BCUT2D eigenvalue weighted by molar-refractivity contribution is -0.118. The number of aromatic nitrogens is 3. The summed E-state index contributed by atoms with van der Waals surface area (Å²) < 4.78 is 7.43. The number of thioether (sulfide) groups is 1. The van der Waals surface area contributed by atoms with Crippen LogP contribution in [0.25, 0.3) is 5.69 Å². The summed E-state index contributed by atoms with van der Waals surface area (Å²) in [5.41, 5.74) is 3.29. The van der Waals surface area contributed by atoms with Crippen LogP contribution in [0.2, 0.25) is 0 Å². The Balaban J connectivity index is 1.63. The van der Waals surface area contributed by atoms with E-state index >= 15 is 0 Å². The molecule has 7 nitrogen and oxygen atoms in total. The van der Waals surface area contributed by atoms with E-state index in [1.165, 1.54) is 17.3 Å². The zero-order valence-electron chi connectivity index (χ0n) is 18.4. The molecular formula is C23H29N5O2S. The maximum absolute atomic E-state index is 12.6. The molecule has 1 amide bonds. The first-order chi connectivity index (χ1) is 15.0. The zero-order chi connectivity index (χ0) is 22.2. The lowest BCUT2D eigenvalue weighted by Crippen LogP contribution is -2.35. The molecule has 0 bridgehead atoms. The molecule has 0 saturated heterocycles. The summed E-state index contributed by atoms with van der Waals surface area (Å²) in [7, 11) is 5.64. The Morgan fingerprint density at radius 1 is 1.19 bits per heavy atom. The van der Waals surface area contributed by atoms with Gasteiger partial charge in [0.15, 0.2) is 5.16 Å². The van der Waals surface area contributed by atoms with Crippen molar-refractivity contribution in [2.24, 2.45) is 0 Å². The fourth-order valence-electron chi connectivity index (χ4n) is 3.44. The van der Waals surface area contributed by atoms with E-state index in [0.29, 0.717) is 11.7 Å². The molecule has 1 unspecified atom stereocenters. The summed E-state index contributed by atoms with van der Waals surface area (Å²) in [6, 6.07) is 16.0. The maximum Gasteiger partial charge on any atom is 0.230 e. The molecule has 0 spiro atoms. The molecule has 1 aromatic heterocycles. The van der Waals surface area contributed by atoms with Crippen LogP contribution in [0.15, 0.2) is 60.0 Å². The van der Waals surface area contributed by atoms with Gasteiger partial charge in [0, 0.05) is 12.1 Å². The Morgan fingerprint density at radius 3 is 2.68 bits per heavy atom. The number of aryl methyl sites for hydroxylation is 1. The highest BCUT2D eigenvalue weighted by Crippen LogP contribution is 2.27. The predicted octanol–water partition coefficient (Wildman–Crippen LogP) is 3.35. The molecule has 2 aromatic carbocycles. The van der Waals surface area contributed by atoms with E-state index < -0.39 is 0 Å². The first-order valence-electron chi connectivity index (χ1n) is 10.2. The Bertz CT molecular complexity index is 1000. The number of hydrogen-bond acceptors (Lipinski definition) is 6. The molecule has 1 atom stereocenters. The standard InChI is InChI=1S/C23H29N5O2S/c1-5-17-10-6-8-12-19(17)28-16-25-26-23(28)31-15-22(29)24-14-20(27(2)3)18-11-7-9-13-21(18)30-4/h6-13,16,20H,5,14-15H2,1-4H3,(H,24,29). The lowest BCUT2D eigenvalue weighted by atomic mass is 10.0. The zero-order valence-corrected chi connectivity index (χ0v) is 19.2. The number of amides is 1. The Labute approximate surface area is 187 Å². The van der Waals surface area contributed by atoms with E-state index in [1.807, 2.05) is 61.1 Å². The van der Waals surface area contributed by atoms with E-state index in [2.05, 4.69) is 33.4 Å². The van der Waals surface area contributed by atoms with Gasteiger partial charge in [-0.2, -0.15) is 0 Å². The molecule has 0 aliphatic heterocycles. The van der Waals surface area contributed by atoms with E-state index in [-0.39, 0.29) is 17.7 Å². The normalized spacial score (nSPS) is 12.0. The second kappa shape index (κ2) is 11.0. The topological polar surface area (TPSA) is 72.3 Å². The molecule has 0 saturated carbocycles. The van der Waals surface area contributed by atoms with E-state index in [0.717, 1.165) is 23.4 Å². The van der Waals surface area contributed by atoms with Crippen molar-refractivity contribution in [2.75, 3.05) is 33.5 Å². The van der Waals surface area contributed by atoms with Crippen molar-refractivity contribution < 1.29 is 9.53 Å². The van der Waals surface area contributed by atoms with Crippen molar-refractivity contribution in [1.82, 2.24) is 25.0 Å². The number of benzene rings is 2. The number of nitrogens with zero attached hydrogens (tertiary/aromatic N) is 4. The number of likely N-dealkylation sites (N-methyl/N-ethyl adjacent to an activating group) is 1. The van der Waals surface area contributed by atoms with Crippen LogP contribution >= 0.6 is 11.8 Å². The molecule has 31 heavy (non-hydrogen) atoms. The number of nitrogens with one attached hydrogen (secondary N) is 1. The van der Waals surface area contributed by atoms with Crippen molar-refractivity contribution >= 4 is 17.7 Å². The number of para-hydroxylation sites is 2. The van der Waals surface area contributed by atoms with E-state index in [9.17, 15) is 4.79 Å². The van der Waals surface area contributed by atoms with Crippen LogP contribution in [0.1, 0.15) is 24.1 Å². The van der Waals surface area contributed by atoms with Gasteiger partial charge in [0.25, 0.3) is 0 Å². The highest BCUT2D eigenvalue weighted by Gasteiger charge is 2.19. The molecule has 1 heterocycles. The Morgan fingerprint density at radius 2 is 1.94 bits per heavy atom. The van der Waals surface area contributed by atoms with Crippen LogP contribution in [0.5, 0.6) is 5.75 Å². The van der Waals surface area contributed by atoms with Gasteiger partial charge in [-0.05, 0) is 38.2 Å². The second-order valence-electron chi connectivity index (χ2n) is 7.28. The van der Waals surface area contributed by atoms with Crippen molar-refractivity contribution in [1.29, 1.82) is 0 Å². The van der Waals surface area contributed by atoms with Gasteiger partial charge in [0.2, 0.25) is 5.91 Å². The largest absolute Gasteiger partial charge is 0.496 e. The summed E-state index contributed by atoms with van der Waals surface area (Å²) in [5.74, 6) is 1.02. The predicted molar refractivity (Wildman–Crippen MR) is 124 cm³/mol. The highest BCUT2D eigenvalue weighted by molar-refractivity contribution is 7.99. The maximum atomic E-state index is 12.6. The Hall–Kier alpha value is -2.84. The Kier molecular flexibility index (Phi) is 8.08. The molecule has 0 fully saturated rings. The van der Waals surface area contributed by atoms with Gasteiger partial charge in [0.05, 0.1) is 24.6 Å². The van der Waals surface area contributed by atoms with Crippen LogP contribution in [0, 0.1) is 0 Å². The molecule has 8 heteroatoms. The van der Waals surface area contributed by atoms with Gasteiger partial charge >= 0.3 is 0 Å². The highest BCUT2D eigenvalue weighted by atomic mass is 32.2. The van der Waals surface area contributed by atoms with Gasteiger partial charge in [-0.1, -0.05) is 55.1 Å². The van der Waals surface area contributed by atoms with Crippen LogP contribution in [-0.4, -0.2) is 59.1 Å². The molecule has 3 aromatic rings. The quantitative estimate of drug-likeness (QED) is 0.489. The van der Waals surface area contributed by atoms with Gasteiger partial charge in [0.1, 0.15) is 12.1 Å². The summed E-state index contributed by atoms with van der Waals surface area (Å²) >= 11 is 1.38. The first kappa shape index (κ1) is 22.8.